The minimum absolute atomic E-state index is 0.143. The topological polar surface area (TPSA) is 39.1 Å². The highest BCUT2D eigenvalue weighted by Crippen LogP contribution is 2.25. The van der Waals surface area contributed by atoms with Crippen molar-refractivity contribution in [3.05, 3.63) is 18.2 Å². The minimum atomic E-state index is -0.143. The van der Waals surface area contributed by atoms with Crippen molar-refractivity contribution in [1.82, 2.24) is 14.9 Å². The van der Waals surface area contributed by atoms with Gasteiger partial charge in [0.2, 0.25) is 0 Å². The fourth-order valence-corrected chi connectivity index (χ4v) is 2.05. The monoisotopic (exact) mass is 253 g/mol. The Hall–Kier alpha value is -0.870. The van der Waals surface area contributed by atoms with E-state index in [0.717, 1.165) is 31.8 Å². The molecule has 0 bridgehead atoms. The number of aromatic nitrogens is 2. The number of nitrogens with zero attached hydrogens (tertiary/aromatic N) is 2. The van der Waals surface area contributed by atoms with Crippen LogP contribution < -0.4 is 5.32 Å². The number of hydrogen-bond acceptors (Lipinski definition) is 3. The Morgan fingerprint density at radius 3 is 2.72 bits per heavy atom. The molecule has 1 aromatic rings. The maximum Gasteiger partial charge on any atom is 0.125 e. The molecule has 0 saturated carbocycles. The summed E-state index contributed by atoms with van der Waals surface area (Å²) in [6, 6.07) is 0.245. The summed E-state index contributed by atoms with van der Waals surface area (Å²) in [5.41, 5.74) is -0.143. The number of aryl methyl sites for hydroxylation is 1. The Morgan fingerprint density at radius 1 is 1.44 bits per heavy atom. The van der Waals surface area contributed by atoms with Crippen LogP contribution in [0.4, 0.5) is 0 Å². The van der Waals surface area contributed by atoms with Crippen LogP contribution in [0.25, 0.3) is 0 Å². The van der Waals surface area contributed by atoms with Crippen LogP contribution in [0.5, 0.6) is 0 Å². The third kappa shape index (κ3) is 4.10. The van der Waals surface area contributed by atoms with Gasteiger partial charge in [0.05, 0.1) is 11.6 Å². The summed E-state index contributed by atoms with van der Waals surface area (Å²) < 4.78 is 7.74. The predicted molar refractivity (Wildman–Crippen MR) is 74.6 cm³/mol. The van der Waals surface area contributed by atoms with E-state index in [1.165, 1.54) is 0 Å². The van der Waals surface area contributed by atoms with Crippen molar-refractivity contribution in [2.45, 2.75) is 58.7 Å². The molecule has 4 heteroatoms. The Morgan fingerprint density at radius 2 is 2.17 bits per heavy atom. The molecule has 0 fully saturated rings. The highest BCUT2D eigenvalue weighted by molar-refractivity contribution is 5.01. The first kappa shape index (κ1) is 15.2. The lowest BCUT2D eigenvalue weighted by Gasteiger charge is -2.29. The minimum Gasteiger partial charge on any atom is -0.379 e. The summed E-state index contributed by atoms with van der Waals surface area (Å²) in [7, 11) is 1.77. The largest absolute Gasteiger partial charge is 0.379 e. The first-order valence-electron chi connectivity index (χ1n) is 6.83. The third-order valence-corrected chi connectivity index (χ3v) is 3.29. The van der Waals surface area contributed by atoms with Gasteiger partial charge in [0, 0.05) is 26.0 Å². The summed E-state index contributed by atoms with van der Waals surface area (Å²) in [6.45, 7) is 10.5. The van der Waals surface area contributed by atoms with Crippen molar-refractivity contribution in [3.8, 4) is 0 Å². The van der Waals surface area contributed by atoms with Crippen molar-refractivity contribution >= 4 is 0 Å². The highest BCUT2D eigenvalue weighted by Gasteiger charge is 2.26. The maximum absolute atomic E-state index is 5.54. The molecular weight excluding hydrogens is 226 g/mol. The third-order valence-electron chi connectivity index (χ3n) is 3.29. The van der Waals surface area contributed by atoms with E-state index in [2.05, 4.69) is 42.6 Å². The summed E-state index contributed by atoms with van der Waals surface area (Å²) in [5.74, 6) is 1.11. The van der Waals surface area contributed by atoms with E-state index in [1.807, 2.05) is 12.4 Å². The lowest BCUT2D eigenvalue weighted by Crippen LogP contribution is -2.34. The number of rotatable bonds is 8. The molecule has 0 aromatic carbocycles. The molecule has 1 unspecified atom stereocenters. The van der Waals surface area contributed by atoms with Gasteiger partial charge in [0.25, 0.3) is 0 Å². The van der Waals surface area contributed by atoms with Crippen LogP contribution in [-0.4, -0.2) is 28.8 Å². The first-order valence-corrected chi connectivity index (χ1v) is 6.83. The summed E-state index contributed by atoms with van der Waals surface area (Å²) in [5, 5.41) is 3.57. The van der Waals surface area contributed by atoms with E-state index >= 15 is 0 Å². The zero-order valence-electron chi connectivity index (χ0n) is 12.4. The fraction of sp³-hybridized carbons (Fsp3) is 0.786. The molecule has 0 aliphatic heterocycles. The van der Waals surface area contributed by atoms with Crippen LogP contribution in [0.2, 0.25) is 0 Å². The van der Waals surface area contributed by atoms with Crippen LogP contribution in [-0.2, 0) is 11.3 Å². The second-order valence-electron chi connectivity index (χ2n) is 5.25. The molecule has 104 valence electrons. The molecule has 0 spiro atoms. The van der Waals surface area contributed by atoms with Crippen LogP contribution in [0.3, 0.4) is 0 Å². The molecule has 18 heavy (non-hydrogen) atoms. The van der Waals surface area contributed by atoms with Crippen LogP contribution in [0.15, 0.2) is 12.4 Å². The zero-order chi connectivity index (χ0) is 13.6. The zero-order valence-corrected chi connectivity index (χ0v) is 12.4. The van der Waals surface area contributed by atoms with Crippen LogP contribution in [0.1, 0.15) is 52.4 Å². The van der Waals surface area contributed by atoms with Gasteiger partial charge in [0.15, 0.2) is 0 Å². The average molecular weight is 253 g/mol. The number of ether oxygens (including phenoxy) is 1. The SMILES string of the molecule is CCCNC(CC(C)(C)OC)c1nccn1CC. The number of imidazole rings is 1. The van der Waals surface area contributed by atoms with Gasteiger partial charge in [-0.15, -0.1) is 0 Å². The quantitative estimate of drug-likeness (QED) is 0.774. The molecule has 1 atom stereocenters. The van der Waals surface area contributed by atoms with Gasteiger partial charge < -0.3 is 14.6 Å². The second kappa shape index (κ2) is 6.90. The normalized spacial score (nSPS) is 13.8. The summed E-state index contributed by atoms with van der Waals surface area (Å²) in [6.07, 6.45) is 5.95. The molecule has 0 aliphatic carbocycles. The Balaban J connectivity index is 2.84. The molecular formula is C14H27N3O. The first-order chi connectivity index (χ1) is 8.54. The Bertz CT molecular complexity index is 347. The van der Waals surface area contributed by atoms with Crippen molar-refractivity contribution in [1.29, 1.82) is 0 Å². The molecule has 0 amide bonds. The summed E-state index contributed by atoms with van der Waals surface area (Å²) >= 11 is 0. The molecule has 0 saturated heterocycles. The smallest absolute Gasteiger partial charge is 0.125 e. The molecule has 0 aliphatic rings. The van der Waals surface area contributed by atoms with Crippen molar-refractivity contribution < 1.29 is 4.74 Å². The average Bonchev–Trinajstić information content (AvgIpc) is 2.82. The van der Waals surface area contributed by atoms with Gasteiger partial charge in [-0.2, -0.15) is 0 Å². The lowest BCUT2D eigenvalue weighted by atomic mass is 9.98. The molecule has 1 N–H and O–H groups in total. The van der Waals surface area contributed by atoms with E-state index < -0.39 is 0 Å². The molecule has 1 heterocycles. The lowest BCUT2D eigenvalue weighted by molar-refractivity contribution is 0.00584. The number of hydrogen-bond donors (Lipinski definition) is 1. The molecule has 4 nitrogen and oxygen atoms in total. The molecule has 1 rings (SSSR count). The van der Waals surface area contributed by atoms with E-state index in [1.54, 1.807) is 7.11 Å². The van der Waals surface area contributed by atoms with E-state index in [-0.39, 0.29) is 11.6 Å². The Labute approximate surface area is 111 Å². The van der Waals surface area contributed by atoms with Gasteiger partial charge in [0.1, 0.15) is 5.82 Å². The number of nitrogens with one attached hydrogen (secondary N) is 1. The second-order valence-corrected chi connectivity index (χ2v) is 5.25. The van der Waals surface area contributed by atoms with Gasteiger partial charge in [-0.3, -0.25) is 0 Å². The maximum atomic E-state index is 5.54. The van der Waals surface area contributed by atoms with E-state index in [9.17, 15) is 0 Å². The Kier molecular flexibility index (Phi) is 5.82. The van der Waals surface area contributed by atoms with Gasteiger partial charge in [-0.05, 0) is 40.2 Å². The van der Waals surface area contributed by atoms with E-state index in [0.29, 0.717) is 0 Å². The molecule has 0 radical (unpaired) electrons. The van der Waals surface area contributed by atoms with Crippen molar-refractivity contribution in [2.24, 2.45) is 0 Å². The van der Waals surface area contributed by atoms with Crippen LogP contribution >= 0.6 is 0 Å². The highest BCUT2D eigenvalue weighted by atomic mass is 16.5. The van der Waals surface area contributed by atoms with E-state index in [4.69, 9.17) is 4.74 Å². The van der Waals surface area contributed by atoms with Crippen molar-refractivity contribution in [2.75, 3.05) is 13.7 Å². The fourth-order valence-electron chi connectivity index (χ4n) is 2.05. The number of methoxy groups -OCH3 is 1. The summed E-state index contributed by atoms with van der Waals surface area (Å²) in [4.78, 5) is 4.50. The van der Waals surface area contributed by atoms with Crippen molar-refractivity contribution in [3.63, 3.8) is 0 Å². The van der Waals surface area contributed by atoms with Gasteiger partial charge in [-0.25, -0.2) is 4.98 Å². The standard InChI is InChI=1S/C14H27N3O/c1-6-8-15-12(11-14(3,4)18-5)13-16-9-10-17(13)7-2/h9-10,12,15H,6-8,11H2,1-5H3. The van der Waals surface area contributed by atoms with Gasteiger partial charge in [-0.1, -0.05) is 6.92 Å². The predicted octanol–water partition coefficient (Wildman–Crippen LogP) is 2.76. The molecule has 1 aromatic heterocycles. The van der Waals surface area contributed by atoms with Gasteiger partial charge >= 0.3 is 0 Å². The van der Waals surface area contributed by atoms with Crippen LogP contribution in [0, 0.1) is 0 Å².